The molecule has 0 aromatic carbocycles. The Kier molecular flexibility index (Phi) is 3.09. The summed E-state index contributed by atoms with van der Waals surface area (Å²) in [7, 11) is 0. The normalized spacial score (nSPS) is 13.9. The van der Waals surface area contributed by atoms with Gasteiger partial charge < -0.3 is 10.2 Å². The van der Waals surface area contributed by atoms with E-state index < -0.39 is 17.5 Å². The molecule has 1 heterocycles. The predicted molar refractivity (Wildman–Crippen MR) is 52.4 cm³/mol. The molecule has 0 radical (unpaired) electrons. The minimum Gasteiger partial charge on any atom is -0.479 e. The Balaban J connectivity index is 3.10. The van der Waals surface area contributed by atoms with E-state index in [0.717, 1.165) is 0 Å². The van der Waals surface area contributed by atoms with E-state index >= 15 is 0 Å². The van der Waals surface area contributed by atoms with Crippen molar-refractivity contribution in [1.29, 1.82) is 0 Å². The maximum Gasteiger partial charge on any atom is 0.333 e. The minimum absolute atomic E-state index is 0.472. The molecule has 0 aliphatic heterocycles. The molecule has 0 fully saturated rings. The summed E-state index contributed by atoms with van der Waals surface area (Å²) in [6.07, 6.45) is -0.137. The summed E-state index contributed by atoms with van der Waals surface area (Å²) in [5, 5.41) is 22.3. The number of nitrogens with zero attached hydrogens (tertiary/aromatic N) is 3. The van der Waals surface area contributed by atoms with Crippen molar-refractivity contribution in [3.8, 4) is 0 Å². The molecule has 0 bridgehead atoms. The zero-order chi connectivity index (χ0) is 11.6. The molecule has 6 nitrogen and oxygen atoms in total. The first-order chi connectivity index (χ1) is 6.91. The SMILES string of the molecule is CCn1ncnc1C(C)(C)C(O)C(=O)O. The Bertz CT molecular complexity index is 359. The first kappa shape index (κ1) is 11.6. The Morgan fingerprint density at radius 3 is 2.73 bits per heavy atom. The van der Waals surface area contributed by atoms with Crippen LogP contribution in [0.2, 0.25) is 0 Å². The van der Waals surface area contributed by atoms with Gasteiger partial charge in [0.2, 0.25) is 0 Å². The van der Waals surface area contributed by atoms with Gasteiger partial charge in [-0.15, -0.1) is 0 Å². The lowest BCUT2D eigenvalue weighted by Gasteiger charge is -2.26. The van der Waals surface area contributed by atoms with Crippen molar-refractivity contribution in [2.75, 3.05) is 0 Å². The van der Waals surface area contributed by atoms with Crippen LogP contribution in [0.3, 0.4) is 0 Å². The van der Waals surface area contributed by atoms with Gasteiger partial charge in [0, 0.05) is 6.54 Å². The molecule has 1 rings (SSSR count). The Morgan fingerprint density at radius 2 is 2.27 bits per heavy atom. The number of carbonyl (C=O) groups is 1. The summed E-state index contributed by atoms with van der Waals surface area (Å²) in [4.78, 5) is 14.7. The van der Waals surface area contributed by atoms with Gasteiger partial charge in [-0.1, -0.05) is 0 Å². The average molecular weight is 213 g/mol. The molecule has 0 aliphatic carbocycles. The van der Waals surface area contributed by atoms with Crippen LogP contribution in [0.4, 0.5) is 0 Å². The van der Waals surface area contributed by atoms with Crippen molar-refractivity contribution in [3.63, 3.8) is 0 Å². The zero-order valence-corrected chi connectivity index (χ0v) is 9.01. The number of aliphatic hydroxyl groups excluding tert-OH is 1. The van der Waals surface area contributed by atoms with Crippen molar-refractivity contribution in [1.82, 2.24) is 14.8 Å². The van der Waals surface area contributed by atoms with E-state index in [0.29, 0.717) is 12.4 Å². The summed E-state index contributed by atoms with van der Waals surface area (Å²) in [5.41, 5.74) is -0.960. The van der Waals surface area contributed by atoms with Gasteiger partial charge in [-0.05, 0) is 20.8 Å². The summed E-state index contributed by atoms with van der Waals surface area (Å²) in [5.74, 6) is -0.787. The second kappa shape index (κ2) is 3.98. The van der Waals surface area contributed by atoms with Crippen LogP contribution in [-0.2, 0) is 16.8 Å². The molecule has 1 aromatic heterocycles. The van der Waals surface area contributed by atoms with Crippen LogP contribution < -0.4 is 0 Å². The van der Waals surface area contributed by atoms with Gasteiger partial charge in [0.1, 0.15) is 12.2 Å². The van der Waals surface area contributed by atoms with E-state index in [1.54, 1.807) is 18.5 Å². The summed E-state index contributed by atoms with van der Waals surface area (Å²) < 4.78 is 1.58. The van der Waals surface area contributed by atoms with Crippen LogP contribution in [0.15, 0.2) is 6.33 Å². The van der Waals surface area contributed by atoms with Crippen LogP contribution in [0.1, 0.15) is 26.6 Å². The van der Waals surface area contributed by atoms with E-state index in [-0.39, 0.29) is 0 Å². The number of aryl methyl sites for hydroxylation is 1. The Hall–Kier alpha value is -1.43. The molecule has 6 heteroatoms. The molecule has 84 valence electrons. The molecule has 0 saturated heterocycles. The van der Waals surface area contributed by atoms with Crippen LogP contribution in [0.5, 0.6) is 0 Å². The van der Waals surface area contributed by atoms with Gasteiger partial charge >= 0.3 is 5.97 Å². The largest absolute Gasteiger partial charge is 0.479 e. The second-order valence-corrected chi connectivity index (χ2v) is 3.86. The highest BCUT2D eigenvalue weighted by Gasteiger charge is 2.38. The molecular weight excluding hydrogens is 198 g/mol. The Labute approximate surface area is 87.6 Å². The highest BCUT2D eigenvalue weighted by atomic mass is 16.4. The van der Waals surface area contributed by atoms with Gasteiger partial charge in [-0.2, -0.15) is 5.10 Å². The first-order valence-corrected chi connectivity index (χ1v) is 4.70. The summed E-state index contributed by atoms with van der Waals surface area (Å²) in [6.45, 7) is 5.72. The van der Waals surface area contributed by atoms with E-state index in [2.05, 4.69) is 10.1 Å². The number of rotatable bonds is 4. The summed E-state index contributed by atoms with van der Waals surface area (Å²) in [6, 6.07) is 0. The van der Waals surface area contributed by atoms with Crippen LogP contribution >= 0.6 is 0 Å². The maximum absolute atomic E-state index is 10.7. The topological polar surface area (TPSA) is 88.2 Å². The second-order valence-electron chi connectivity index (χ2n) is 3.86. The van der Waals surface area contributed by atoms with Crippen LogP contribution in [0.25, 0.3) is 0 Å². The van der Waals surface area contributed by atoms with Crippen molar-refractivity contribution in [2.45, 2.75) is 38.8 Å². The summed E-state index contributed by atoms with van der Waals surface area (Å²) >= 11 is 0. The highest BCUT2D eigenvalue weighted by Crippen LogP contribution is 2.25. The number of carboxylic acid groups (broad SMARTS) is 1. The number of carboxylic acids is 1. The van der Waals surface area contributed by atoms with E-state index in [4.69, 9.17) is 5.11 Å². The van der Waals surface area contributed by atoms with Gasteiger partial charge in [0.25, 0.3) is 0 Å². The smallest absolute Gasteiger partial charge is 0.333 e. The third-order valence-corrected chi connectivity index (χ3v) is 2.41. The monoisotopic (exact) mass is 213 g/mol. The molecule has 0 saturated carbocycles. The number of hydrogen-bond acceptors (Lipinski definition) is 4. The van der Waals surface area contributed by atoms with Crippen molar-refractivity contribution >= 4 is 5.97 Å². The van der Waals surface area contributed by atoms with Gasteiger partial charge in [0.15, 0.2) is 6.10 Å². The average Bonchev–Trinajstić information content (AvgIpc) is 2.64. The standard InChI is InChI=1S/C9H15N3O3/c1-4-12-8(10-5-11-12)9(2,3)6(13)7(14)15/h5-6,13H,4H2,1-3H3,(H,14,15). The first-order valence-electron chi connectivity index (χ1n) is 4.70. The molecule has 1 aromatic rings. The molecule has 0 spiro atoms. The zero-order valence-electron chi connectivity index (χ0n) is 9.01. The molecule has 15 heavy (non-hydrogen) atoms. The molecular formula is C9H15N3O3. The van der Waals surface area contributed by atoms with Gasteiger partial charge in [0.05, 0.1) is 5.41 Å². The maximum atomic E-state index is 10.7. The van der Waals surface area contributed by atoms with E-state index in [9.17, 15) is 9.90 Å². The lowest BCUT2D eigenvalue weighted by atomic mass is 9.85. The number of aliphatic carboxylic acids is 1. The highest BCUT2D eigenvalue weighted by molar-refractivity contribution is 5.74. The van der Waals surface area contributed by atoms with Crippen LogP contribution in [0, 0.1) is 0 Å². The molecule has 1 atom stereocenters. The molecule has 0 aliphatic rings. The van der Waals surface area contributed by atoms with Gasteiger partial charge in [-0.25, -0.2) is 14.5 Å². The van der Waals surface area contributed by atoms with Gasteiger partial charge in [-0.3, -0.25) is 0 Å². The molecule has 0 amide bonds. The van der Waals surface area contributed by atoms with Crippen molar-refractivity contribution < 1.29 is 15.0 Å². The number of aromatic nitrogens is 3. The van der Waals surface area contributed by atoms with E-state index in [1.165, 1.54) is 6.33 Å². The quantitative estimate of drug-likeness (QED) is 0.736. The van der Waals surface area contributed by atoms with E-state index in [1.807, 2.05) is 6.92 Å². The molecule has 1 unspecified atom stereocenters. The number of hydrogen-bond donors (Lipinski definition) is 2. The Morgan fingerprint density at radius 1 is 1.67 bits per heavy atom. The predicted octanol–water partition coefficient (Wildman–Crippen LogP) is 0.0211. The number of aliphatic hydroxyl groups is 1. The lowest BCUT2D eigenvalue weighted by Crippen LogP contribution is -2.42. The minimum atomic E-state index is -1.49. The fourth-order valence-electron chi connectivity index (χ4n) is 1.43. The fourth-order valence-corrected chi connectivity index (χ4v) is 1.43. The molecule has 2 N–H and O–H groups in total. The lowest BCUT2D eigenvalue weighted by molar-refractivity contribution is -0.150. The third-order valence-electron chi connectivity index (χ3n) is 2.41. The van der Waals surface area contributed by atoms with Crippen molar-refractivity contribution in [2.24, 2.45) is 0 Å². The third kappa shape index (κ3) is 1.99. The van der Waals surface area contributed by atoms with Crippen LogP contribution in [-0.4, -0.2) is 37.1 Å². The van der Waals surface area contributed by atoms with Crippen molar-refractivity contribution in [3.05, 3.63) is 12.2 Å². The fraction of sp³-hybridized carbons (Fsp3) is 0.667.